The first kappa shape index (κ1) is 20.5. The van der Waals surface area contributed by atoms with Gasteiger partial charge in [-0.1, -0.05) is 24.3 Å². The quantitative estimate of drug-likeness (QED) is 0.583. The highest BCUT2D eigenvalue weighted by molar-refractivity contribution is 7.13. The first-order valence-corrected chi connectivity index (χ1v) is 10.1. The molecule has 29 heavy (non-hydrogen) atoms. The average molecular weight is 411 g/mol. The number of pyridine rings is 1. The molecule has 1 atom stereocenters. The summed E-state index contributed by atoms with van der Waals surface area (Å²) < 4.78 is 5.20. The molecule has 3 aromatic rings. The molecule has 0 saturated carbocycles. The zero-order chi connectivity index (χ0) is 20.8. The maximum Gasteiger partial charge on any atom is 0.339 e. The van der Waals surface area contributed by atoms with Crippen molar-refractivity contribution in [3.05, 3.63) is 53.4 Å². The van der Waals surface area contributed by atoms with E-state index in [4.69, 9.17) is 4.74 Å². The maximum absolute atomic E-state index is 12.7. The molecule has 0 radical (unpaired) electrons. The van der Waals surface area contributed by atoms with Crippen LogP contribution in [0.25, 0.3) is 21.5 Å². The summed E-state index contributed by atoms with van der Waals surface area (Å²) in [6.07, 6.45) is 0. The lowest BCUT2D eigenvalue weighted by atomic mass is 10.1. The van der Waals surface area contributed by atoms with Crippen LogP contribution in [0.15, 0.2) is 47.8 Å². The summed E-state index contributed by atoms with van der Waals surface area (Å²) in [5, 5.41) is 7.70. The molecule has 0 unspecified atom stereocenters. The Kier molecular flexibility index (Phi) is 6.56. The van der Waals surface area contributed by atoms with Crippen molar-refractivity contribution in [1.82, 2.24) is 15.6 Å². The number of rotatable bonds is 7. The van der Waals surface area contributed by atoms with Crippen LogP contribution >= 0.6 is 11.3 Å². The number of para-hydroxylation sites is 1. The Hall–Kier alpha value is -3.26. The predicted molar refractivity (Wildman–Crippen MR) is 112 cm³/mol. The summed E-state index contributed by atoms with van der Waals surface area (Å²) in [6, 6.07) is 12.1. The molecule has 0 fully saturated rings. The molecule has 0 aliphatic heterocycles. The van der Waals surface area contributed by atoms with Crippen LogP contribution in [0.4, 0.5) is 0 Å². The Balaban J connectivity index is 1.75. The fourth-order valence-electron chi connectivity index (χ4n) is 2.78. The molecule has 0 aliphatic rings. The molecule has 2 aromatic heterocycles. The van der Waals surface area contributed by atoms with Crippen LogP contribution in [0.2, 0.25) is 0 Å². The van der Waals surface area contributed by atoms with Gasteiger partial charge in [0.2, 0.25) is 5.91 Å². The highest BCUT2D eigenvalue weighted by atomic mass is 32.1. The lowest BCUT2D eigenvalue weighted by Crippen LogP contribution is -2.46. The Morgan fingerprint density at radius 1 is 1.17 bits per heavy atom. The van der Waals surface area contributed by atoms with Crippen LogP contribution in [-0.4, -0.2) is 42.0 Å². The zero-order valence-corrected chi connectivity index (χ0v) is 16.9. The normalized spacial score (nSPS) is 11.7. The van der Waals surface area contributed by atoms with Gasteiger partial charge < -0.3 is 15.4 Å². The van der Waals surface area contributed by atoms with Crippen molar-refractivity contribution in [3.8, 4) is 10.6 Å². The van der Waals surface area contributed by atoms with E-state index in [-0.39, 0.29) is 5.91 Å². The van der Waals surface area contributed by atoms with Crippen LogP contribution < -0.4 is 10.6 Å². The summed E-state index contributed by atoms with van der Waals surface area (Å²) in [5.74, 6) is -1.47. The van der Waals surface area contributed by atoms with E-state index in [0.717, 1.165) is 4.88 Å². The molecule has 2 heterocycles. The average Bonchev–Trinajstić information content (AvgIpc) is 3.26. The Labute approximate surface area is 172 Å². The molecule has 1 aromatic carbocycles. The molecule has 0 aliphatic carbocycles. The second kappa shape index (κ2) is 9.29. The maximum atomic E-state index is 12.7. The number of fused-ring (bicyclic) bond motifs is 1. The Bertz CT molecular complexity index is 1030. The Morgan fingerprint density at radius 2 is 1.97 bits per heavy atom. The van der Waals surface area contributed by atoms with E-state index >= 15 is 0 Å². The number of carbonyl (C=O) groups is 3. The minimum absolute atomic E-state index is 0.298. The van der Waals surface area contributed by atoms with Crippen molar-refractivity contribution in [2.24, 2.45) is 0 Å². The SMILES string of the molecule is CCNC(=O)[C@@H](C)NC(=O)COC(=O)c1cc(-c2cccs2)nc2ccccc12. The number of nitrogens with zero attached hydrogens (tertiary/aromatic N) is 1. The summed E-state index contributed by atoms with van der Waals surface area (Å²) >= 11 is 1.52. The summed E-state index contributed by atoms with van der Waals surface area (Å²) in [6.45, 7) is 3.34. The van der Waals surface area contributed by atoms with Gasteiger partial charge >= 0.3 is 5.97 Å². The van der Waals surface area contributed by atoms with E-state index in [1.807, 2.05) is 35.7 Å². The topological polar surface area (TPSA) is 97.4 Å². The van der Waals surface area contributed by atoms with Crippen molar-refractivity contribution in [2.75, 3.05) is 13.2 Å². The van der Waals surface area contributed by atoms with Gasteiger partial charge in [0.15, 0.2) is 6.61 Å². The third-order valence-corrected chi connectivity index (χ3v) is 5.06. The molecular formula is C21H21N3O4S. The van der Waals surface area contributed by atoms with Crippen molar-refractivity contribution in [2.45, 2.75) is 19.9 Å². The van der Waals surface area contributed by atoms with Gasteiger partial charge in [0, 0.05) is 11.9 Å². The lowest BCUT2D eigenvalue weighted by Gasteiger charge is -2.14. The number of hydrogen-bond acceptors (Lipinski definition) is 6. The minimum Gasteiger partial charge on any atom is -0.452 e. The number of likely N-dealkylation sites (N-methyl/N-ethyl adjacent to an activating group) is 1. The van der Waals surface area contributed by atoms with Crippen LogP contribution in [0, 0.1) is 0 Å². The number of carbonyl (C=O) groups excluding carboxylic acids is 3. The Morgan fingerprint density at radius 3 is 2.69 bits per heavy atom. The van der Waals surface area contributed by atoms with E-state index in [2.05, 4.69) is 15.6 Å². The first-order valence-electron chi connectivity index (χ1n) is 9.17. The molecule has 0 saturated heterocycles. The number of nitrogens with one attached hydrogen (secondary N) is 2. The summed E-state index contributed by atoms with van der Waals surface area (Å²) in [4.78, 5) is 42.0. The van der Waals surface area contributed by atoms with Gasteiger partial charge in [-0.05, 0) is 37.4 Å². The van der Waals surface area contributed by atoms with Crippen LogP contribution in [0.3, 0.4) is 0 Å². The largest absolute Gasteiger partial charge is 0.452 e. The summed E-state index contributed by atoms with van der Waals surface area (Å²) in [5.41, 5.74) is 1.67. The number of amides is 2. The molecule has 0 bridgehead atoms. The van der Waals surface area contributed by atoms with Gasteiger partial charge in [-0.15, -0.1) is 11.3 Å². The summed E-state index contributed by atoms with van der Waals surface area (Å²) in [7, 11) is 0. The molecule has 150 valence electrons. The smallest absolute Gasteiger partial charge is 0.339 e. The van der Waals surface area contributed by atoms with Crippen molar-refractivity contribution in [3.63, 3.8) is 0 Å². The van der Waals surface area contributed by atoms with Crippen LogP contribution in [-0.2, 0) is 14.3 Å². The number of hydrogen-bond donors (Lipinski definition) is 2. The van der Waals surface area contributed by atoms with E-state index < -0.39 is 24.5 Å². The standard InChI is InChI=1S/C21H21N3O4S/c1-3-22-20(26)13(2)23-19(25)12-28-21(27)15-11-17(18-9-6-10-29-18)24-16-8-5-4-7-14(15)16/h4-11,13H,3,12H2,1-2H3,(H,22,26)(H,23,25)/t13-/m1/s1. The fraction of sp³-hybridized carbons (Fsp3) is 0.238. The van der Waals surface area contributed by atoms with Crippen molar-refractivity contribution in [1.29, 1.82) is 0 Å². The molecule has 2 amide bonds. The van der Waals surface area contributed by atoms with Gasteiger partial charge in [-0.25, -0.2) is 9.78 Å². The predicted octanol–water partition coefficient (Wildman–Crippen LogP) is 2.76. The third-order valence-electron chi connectivity index (χ3n) is 4.17. The number of aromatic nitrogens is 1. The van der Waals surface area contributed by atoms with E-state index in [0.29, 0.717) is 28.7 Å². The minimum atomic E-state index is -0.715. The number of benzene rings is 1. The van der Waals surface area contributed by atoms with Gasteiger partial charge in [-0.3, -0.25) is 9.59 Å². The first-order chi connectivity index (χ1) is 14.0. The monoisotopic (exact) mass is 411 g/mol. The van der Waals surface area contributed by atoms with Gasteiger partial charge in [0.25, 0.3) is 5.91 Å². The second-order valence-electron chi connectivity index (χ2n) is 6.31. The lowest BCUT2D eigenvalue weighted by molar-refractivity contribution is -0.130. The van der Waals surface area contributed by atoms with Crippen molar-refractivity contribution < 1.29 is 19.1 Å². The van der Waals surface area contributed by atoms with E-state index in [9.17, 15) is 14.4 Å². The zero-order valence-electron chi connectivity index (χ0n) is 16.1. The fourth-order valence-corrected chi connectivity index (χ4v) is 3.47. The van der Waals surface area contributed by atoms with Gasteiger partial charge in [-0.2, -0.15) is 0 Å². The molecule has 8 heteroatoms. The molecule has 0 spiro atoms. The number of ether oxygens (including phenoxy) is 1. The van der Waals surface area contributed by atoms with Crippen LogP contribution in [0.5, 0.6) is 0 Å². The number of esters is 1. The second-order valence-corrected chi connectivity index (χ2v) is 7.26. The molecule has 7 nitrogen and oxygen atoms in total. The highest BCUT2D eigenvalue weighted by Gasteiger charge is 2.19. The third kappa shape index (κ3) is 4.97. The van der Waals surface area contributed by atoms with E-state index in [1.165, 1.54) is 11.3 Å². The van der Waals surface area contributed by atoms with Gasteiger partial charge in [0.05, 0.1) is 21.7 Å². The van der Waals surface area contributed by atoms with Crippen LogP contribution in [0.1, 0.15) is 24.2 Å². The van der Waals surface area contributed by atoms with E-state index in [1.54, 1.807) is 26.0 Å². The highest BCUT2D eigenvalue weighted by Crippen LogP contribution is 2.28. The van der Waals surface area contributed by atoms with Crippen molar-refractivity contribution >= 4 is 40.0 Å². The molecule has 3 rings (SSSR count). The molecule has 2 N–H and O–H groups in total. The number of thiophene rings is 1. The molecular weight excluding hydrogens is 390 g/mol. The van der Waals surface area contributed by atoms with Gasteiger partial charge in [0.1, 0.15) is 6.04 Å².